The number of halogens is 3. The lowest BCUT2D eigenvalue weighted by molar-refractivity contribution is 0.104. The summed E-state index contributed by atoms with van der Waals surface area (Å²) in [6.07, 6.45) is -0.822. The molecule has 0 saturated carbocycles. The summed E-state index contributed by atoms with van der Waals surface area (Å²) >= 11 is 10.2. The van der Waals surface area contributed by atoms with Crippen LogP contribution in [0.15, 0.2) is 22.0 Å². The second-order valence-corrected chi connectivity index (χ2v) is 6.20. The maximum absolute atomic E-state index is 13.1. The normalized spacial score (nSPS) is 10.4. The quantitative estimate of drug-likeness (QED) is 0.711. The Hall–Kier alpha value is -1.18. The van der Waals surface area contributed by atoms with Gasteiger partial charge in [-0.1, -0.05) is 22.9 Å². The average molecular weight is 381 g/mol. The molecule has 2 rings (SSSR count). The van der Waals surface area contributed by atoms with Crippen LogP contribution in [0.5, 0.6) is 5.19 Å². The first-order valence-corrected chi connectivity index (χ1v) is 7.46. The molecule has 0 radical (unpaired) electrons. The molecule has 0 aliphatic carbocycles. The lowest BCUT2D eigenvalue weighted by atomic mass is 10.2. The van der Waals surface area contributed by atoms with Crippen molar-refractivity contribution in [3.63, 3.8) is 0 Å². The molecular formula is C12H8BrClFNO3S. The lowest BCUT2D eigenvalue weighted by Gasteiger charge is -2.00. The summed E-state index contributed by atoms with van der Waals surface area (Å²) in [4.78, 5) is 15.3. The smallest absolute Gasteiger partial charge is 0.434 e. The topological polar surface area (TPSA) is 48.4 Å². The van der Waals surface area contributed by atoms with Crippen LogP contribution in [0.3, 0.4) is 0 Å². The van der Waals surface area contributed by atoms with Gasteiger partial charge in [-0.3, -0.25) is 0 Å². The molecule has 1 aromatic carbocycles. The summed E-state index contributed by atoms with van der Waals surface area (Å²) in [5, 5.41) is 0.126. The first kappa shape index (κ1) is 15.2. The number of rotatable bonds is 3. The molecule has 106 valence electrons. The Morgan fingerprint density at radius 3 is 2.95 bits per heavy atom. The van der Waals surface area contributed by atoms with Gasteiger partial charge in [-0.2, -0.15) is 0 Å². The van der Waals surface area contributed by atoms with E-state index < -0.39 is 12.0 Å². The van der Waals surface area contributed by atoms with Crippen molar-refractivity contribution in [3.8, 4) is 16.5 Å². The number of hydrogen-bond acceptors (Lipinski definition) is 5. The van der Waals surface area contributed by atoms with Crippen molar-refractivity contribution >= 4 is 45.0 Å². The van der Waals surface area contributed by atoms with Crippen LogP contribution in [0.2, 0.25) is 5.02 Å². The van der Waals surface area contributed by atoms with Gasteiger partial charge in [0.15, 0.2) is 0 Å². The molecule has 0 unspecified atom stereocenters. The van der Waals surface area contributed by atoms with Crippen molar-refractivity contribution in [2.75, 3.05) is 6.61 Å². The van der Waals surface area contributed by atoms with E-state index in [0.29, 0.717) is 15.0 Å². The summed E-state index contributed by atoms with van der Waals surface area (Å²) in [6.45, 7) is 1.89. The number of hydrogen-bond donors (Lipinski definition) is 0. The number of nitrogens with zero attached hydrogens (tertiary/aromatic N) is 1. The number of thiazole rings is 1. The van der Waals surface area contributed by atoms with Crippen LogP contribution < -0.4 is 4.74 Å². The highest BCUT2D eigenvalue weighted by molar-refractivity contribution is 9.11. The average Bonchev–Trinajstić information content (AvgIpc) is 2.74. The van der Waals surface area contributed by atoms with Crippen LogP contribution in [-0.2, 0) is 4.74 Å². The number of carbonyl (C=O) groups excluding carboxylic acids is 1. The van der Waals surface area contributed by atoms with Gasteiger partial charge in [0.1, 0.15) is 9.60 Å². The number of carbonyl (C=O) groups is 1. The molecule has 20 heavy (non-hydrogen) atoms. The summed E-state index contributed by atoms with van der Waals surface area (Å²) in [5.41, 5.74) is 1.12. The van der Waals surface area contributed by atoms with E-state index in [2.05, 4.69) is 25.7 Å². The highest BCUT2D eigenvalue weighted by atomic mass is 79.9. The predicted octanol–water partition coefficient (Wildman–Crippen LogP) is 4.90. The molecule has 0 aliphatic rings. The van der Waals surface area contributed by atoms with Crippen LogP contribution in [0, 0.1) is 5.82 Å². The number of aromatic nitrogens is 1. The van der Waals surface area contributed by atoms with Crippen LogP contribution in [0.25, 0.3) is 11.3 Å². The predicted molar refractivity (Wildman–Crippen MR) is 77.9 cm³/mol. The van der Waals surface area contributed by atoms with Gasteiger partial charge in [0, 0.05) is 5.56 Å². The summed E-state index contributed by atoms with van der Waals surface area (Å²) in [7, 11) is 0. The molecule has 0 aliphatic heterocycles. The fourth-order valence-corrected chi connectivity index (χ4v) is 2.94. The molecule has 0 bridgehead atoms. The molecule has 0 N–H and O–H groups in total. The highest BCUT2D eigenvalue weighted by Crippen LogP contribution is 2.37. The summed E-state index contributed by atoms with van der Waals surface area (Å²) in [6, 6.07) is 4.23. The zero-order valence-electron chi connectivity index (χ0n) is 10.2. The van der Waals surface area contributed by atoms with E-state index in [1.165, 1.54) is 18.2 Å². The number of ether oxygens (including phenoxy) is 2. The van der Waals surface area contributed by atoms with Gasteiger partial charge in [0.05, 0.1) is 17.3 Å². The Morgan fingerprint density at radius 1 is 1.55 bits per heavy atom. The van der Waals surface area contributed by atoms with Gasteiger partial charge in [0.25, 0.3) is 5.19 Å². The SMILES string of the molecule is CCOC(=O)Oc1nc(-c2ccc(F)c(Cl)c2)c(Br)s1. The standard InChI is InChI=1S/C12H8BrClFNO3S/c1-2-18-12(17)19-11-16-9(10(13)20-11)6-3-4-8(15)7(14)5-6/h3-5H,2H2,1H3. The van der Waals surface area contributed by atoms with Gasteiger partial charge >= 0.3 is 6.16 Å². The van der Waals surface area contributed by atoms with E-state index in [9.17, 15) is 9.18 Å². The lowest BCUT2D eigenvalue weighted by Crippen LogP contribution is -2.09. The first-order valence-electron chi connectivity index (χ1n) is 5.47. The molecule has 8 heteroatoms. The largest absolute Gasteiger partial charge is 0.515 e. The fourth-order valence-electron chi connectivity index (χ4n) is 1.37. The van der Waals surface area contributed by atoms with Gasteiger partial charge in [-0.15, -0.1) is 0 Å². The number of benzene rings is 1. The maximum Gasteiger partial charge on any atom is 0.515 e. The molecule has 0 spiro atoms. The molecule has 1 heterocycles. The second-order valence-electron chi connectivity index (χ2n) is 3.52. The van der Waals surface area contributed by atoms with E-state index >= 15 is 0 Å². The molecule has 1 aromatic heterocycles. The minimum atomic E-state index is -0.822. The second kappa shape index (κ2) is 6.51. The molecule has 4 nitrogen and oxygen atoms in total. The van der Waals surface area contributed by atoms with Crippen LogP contribution in [0.1, 0.15) is 6.92 Å². The maximum atomic E-state index is 13.1. The third-order valence-electron chi connectivity index (χ3n) is 2.19. The summed E-state index contributed by atoms with van der Waals surface area (Å²) < 4.78 is 23.3. The first-order chi connectivity index (χ1) is 9.51. The molecule has 0 atom stereocenters. The minimum Gasteiger partial charge on any atom is -0.434 e. The van der Waals surface area contributed by atoms with Crippen molar-refractivity contribution < 1.29 is 18.7 Å². The zero-order valence-corrected chi connectivity index (χ0v) is 13.3. The molecule has 0 saturated heterocycles. The highest BCUT2D eigenvalue weighted by Gasteiger charge is 2.16. The Morgan fingerprint density at radius 2 is 2.30 bits per heavy atom. The Balaban J connectivity index is 2.27. The van der Waals surface area contributed by atoms with Gasteiger partial charge in [-0.25, -0.2) is 14.2 Å². The Labute approximate surface area is 131 Å². The van der Waals surface area contributed by atoms with E-state index in [1.807, 2.05) is 0 Å². The molecular weight excluding hydrogens is 373 g/mol. The molecule has 2 aromatic rings. The summed E-state index contributed by atoms with van der Waals surface area (Å²) in [5.74, 6) is -0.509. The fraction of sp³-hybridized carbons (Fsp3) is 0.167. The van der Waals surface area contributed by atoms with E-state index in [-0.39, 0.29) is 16.8 Å². The van der Waals surface area contributed by atoms with Gasteiger partial charge in [0.2, 0.25) is 0 Å². The monoisotopic (exact) mass is 379 g/mol. The van der Waals surface area contributed by atoms with Crippen molar-refractivity contribution in [2.24, 2.45) is 0 Å². The third kappa shape index (κ3) is 3.47. The Kier molecular flexibility index (Phi) is 4.95. The third-order valence-corrected chi connectivity index (χ3v) is 4.06. The van der Waals surface area contributed by atoms with E-state index in [1.54, 1.807) is 6.92 Å². The van der Waals surface area contributed by atoms with Gasteiger partial charge in [-0.05, 0) is 41.1 Å². The van der Waals surface area contributed by atoms with E-state index in [4.69, 9.17) is 16.3 Å². The van der Waals surface area contributed by atoms with Crippen molar-refractivity contribution in [1.82, 2.24) is 4.98 Å². The Bertz CT molecular complexity index is 650. The van der Waals surface area contributed by atoms with E-state index in [0.717, 1.165) is 11.3 Å². The van der Waals surface area contributed by atoms with Crippen LogP contribution >= 0.6 is 38.9 Å². The van der Waals surface area contributed by atoms with Crippen molar-refractivity contribution in [3.05, 3.63) is 32.8 Å². The van der Waals surface area contributed by atoms with Crippen molar-refractivity contribution in [1.29, 1.82) is 0 Å². The van der Waals surface area contributed by atoms with Gasteiger partial charge < -0.3 is 9.47 Å². The van der Waals surface area contributed by atoms with Crippen molar-refractivity contribution in [2.45, 2.75) is 6.92 Å². The van der Waals surface area contributed by atoms with Crippen LogP contribution in [-0.4, -0.2) is 17.7 Å². The zero-order chi connectivity index (χ0) is 14.7. The molecule has 0 fully saturated rings. The van der Waals surface area contributed by atoms with Crippen LogP contribution in [0.4, 0.5) is 9.18 Å². The molecule has 0 amide bonds. The minimum absolute atomic E-state index is 0.00439.